The molecule has 19 heavy (non-hydrogen) atoms. The third kappa shape index (κ3) is 5.15. The molecular weight excluding hydrogens is 340 g/mol. The minimum atomic E-state index is -3.84. The molecule has 0 saturated carbocycles. The molecule has 106 valence electrons. The standard InChI is InChI=1S/C10H13BrN2O5S/c1-18-5-4-12-19(16,17)13-9-6-7(11)2-3-8(9)10(14)15/h2-3,6,12-13H,4-5H2,1H3,(H,14,15). The van der Waals surface area contributed by atoms with Gasteiger partial charge in [0, 0.05) is 18.1 Å². The number of halogens is 1. The van der Waals surface area contributed by atoms with E-state index in [-0.39, 0.29) is 24.4 Å². The highest BCUT2D eigenvalue weighted by molar-refractivity contribution is 9.10. The lowest BCUT2D eigenvalue weighted by atomic mass is 10.2. The Hall–Kier alpha value is -1.16. The van der Waals surface area contributed by atoms with E-state index in [1.165, 1.54) is 25.3 Å². The van der Waals surface area contributed by atoms with Gasteiger partial charge < -0.3 is 9.84 Å². The summed E-state index contributed by atoms with van der Waals surface area (Å²) in [5.41, 5.74) is -0.160. The molecule has 1 aromatic rings. The van der Waals surface area contributed by atoms with Gasteiger partial charge in [0.1, 0.15) is 0 Å². The van der Waals surface area contributed by atoms with Crippen LogP contribution in [0.5, 0.6) is 0 Å². The van der Waals surface area contributed by atoms with Gasteiger partial charge in [-0.05, 0) is 18.2 Å². The third-order valence-electron chi connectivity index (χ3n) is 2.05. The second kappa shape index (κ2) is 6.85. The second-order valence-corrected chi connectivity index (χ2v) is 5.90. The molecule has 0 aliphatic rings. The number of aromatic carboxylic acids is 1. The number of methoxy groups -OCH3 is 1. The maximum Gasteiger partial charge on any atom is 0.337 e. The molecule has 0 aromatic heterocycles. The van der Waals surface area contributed by atoms with Crippen molar-refractivity contribution in [3.8, 4) is 0 Å². The number of rotatable bonds is 7. The summed E-state index contributed by atoms with van der Waals surface area (Å²) in [7, 11) is -2.40. The number of ether oxygens (including phenoxy) is 1. The number of nitrogens with one attached hydrogen (secondary N) is 2. The molecule has 0 aliphatic carbocycles. The molecule has 0 bridgehead atoms. The van der Waals surface area contributed by atoms with Crippen LogP contribution in [0.3, 0.4) is 0 Å². The van der Waals surface area contributed by atoms with E-state index in [4.69, 9.17) is 9.84 Å². The van der Waals surface area contributed by atoms with Gasteiger partial charge in [-0.1, -0.05) is 15.9 Å². The molecule has 7 nitrogen and oxygen atoms in total. The Labute approximate surface area is 119 Å². The molecule has 0 amide bonds. The Morgan fingerprint density at radius 2 is 2.16 bits per heavy atom. The third-order valence-corrected chi connectivity index (χ3v) is 3.62. The lowest BCUT2D eigenvalue weighted by Gasteiger charge is -2.11. The lowest BCUT2D eigenvalue weighted by molar-refractivity contribution is 0.0698. The normalized spacial score (nSPS) is 11.3. The van der Waals surface area contributed by atoms with Crippen LogP contribution in [0, 0.1) is 0 Å². The minimum Gasteiger partial charge on any atom is -0.478 e. The maximum absolute atomic E-state index is 11.7. The van der Waals surface area contributed by atoms with Crippen LogP contribution in [0.2, 0.25) is 0 Å². The van der Waals surface area contributed by atoms with Crippen LogP contribution in [-0.4, -0.2) is 39.8 Å². The number of carboxylic acids is 1. The van der Waals surface area contributed by atoms with E-state index in [0.29, 0.717) is 4.47 Å². The minimum absolute atomic E-state index is 0.0215. The van der Waals surface area contributed by atoms with Crippen LogP contribution < -0.4 is 9.44 Å². The first-order valence-electron chi connectivity index (χ1n) is 5.15. The van der Waals surface area contributed by atoms with Crippen molar-refractivity contribution in [1.82, 2.24) is 4.72 Å². The largest absolute Gasteiger partial charge is 0.478 e. The zero-order valence-corrected chi connectivity index (χ0v) is 12.4. The first-order chi connectivity index (χ1) is 8.85. The highest BCUT2D eigenvalue weighted by Crippen LogP contribution is 2.22. The fourth-order valence-electron chi connectivity index (χ4n) is 1.25. The SMILES string of the molecule is COCCNS(=O)(=O)Nc1cc(Br)ccc1C(=O)O. The molecule has 9 heteroatoms. The Morgan fingerprint density at radius 1 is 1.47 bits per heavy atom. The van der Waals surface area contributed by atoms with Crippen LogP contribution in [0.25, 0.3) is 0 Å². The fourth-order valence-corrected chi connectivity index (χ4v) is 2.49. The highest BCUT2D eigenvalue weighted by atomic mass is 79.9. The average Bonchev–Trinajstić information content (AvgIpc) is 2.28. The predicted molar refractivity (Wildman–Crippen MR) is 73.5 cm³/mol. The van der Waals surface area contributed by atoms with Crippen LogP contribution in [0.4, 0.5) is 5.69 Å². The summed E-state index contributed by atoms with van der Waals surface area (Å²) in [6, 6.07) is 4.19. The van der Waals surface area contributed by atoms with Gasteiger partial charge in [-0.15, -0.1) is 0 Å². The zero-order valence-electron chi connectivity index (χ0n) is 10.0. The lowest BCUT2D eigenvalue weighted by Crippen LogP contribution is -2.33. The van der Waals surface area contributed by atoms with E-state index in [1.54, 1.807) is 0 Å². The van der Waals surface area contributed by atoms with Gasteiger partial charge >= 0.3 is 5.97 Å². The summed E-state index contributed by atoms with van der Waals surface area (Å²) in [4.78, 5) is 11.0. The summed E-state index contributed by atoms with van der Waals surface area (Å²) < 4.78 is 33.0. The average molecular weight is 353 g/mol. The van der Waals surface area contributed by atoms with Crippen molar-refractivity contribution in [1.29, 1.82) is 0 Å². The van der Waals surface area contributed by atoms with Crippen LogP contribution >= 0.6 is 15.9 Å². The van der Waals surface area contributed by atoms with E-state index in [9.17, 15) is 13.2 Å². The van der Waals surface area contributed by atoms with Gasteiger partial charge in [0.05, 0.1) is 17.9 Å². The highest BCUT2D eigenvalue weighted by Gasteiger charge is 2.16. The quantitative estimate of drug-likeness (QED) is 0.636. The van der Waals surface area contributed by atoms with E-state index in [0.717, 1.165) is 0 Å². The smallest absolute Gasteiger partial charge is 0.337 e. The first kappa shape index (κ1) is 15.9. The molecule has 0 fully saturated rings. The predicted octanol–water partition coefficient (Wildman–Crippen LogP) is 1.04. The van der Waals surface area contributed by atoms with Crippen LogP contribution in [-0.2, 0) is 14.9 Å². The van der Waals surface area contributed by atoms with Gasteiger partial charge in [-0.2, -0.15) is 13.1 Å². The summed E-state index contributed by atoms with van der Waals surface area (Å²) in [6.07, 6.45) is 0. The zero-order chi connectivity index (χ0) is 14.5. The van der Waals surface area contributed by atoms with Crippen molar-refractivity contribution in [2.45, 2.75) is 0 Å². The molecule has 0 spiro atoms. The van der Waals surface area contributed by atoms with E-state index < -0.39 is 16.2 Å². The molecule has 0 unspecified atom stereocenters. The number of benzene rings is 1. The molecule has 1 rings (SSSR count). The number of carboxylic acid groups (broad SMARTS) is 1. The summed E-state index contributed by atoms with van der Waals surface area (Å²) >= 11 is 3.15. The Bertz CT molecular complexity index is 561. The molecule has 0 atom stereocenters. The summed E-state index contributed by atoms with van der Waals surface area (Å²) in [5, 5.41) is 8.98. The molecule has 0 heterocycles. The molecule has 1 aromatic carbocycles. The topological polar surface area (TPSA) is 105 Å². The number of carbonyl (C=O) groups is 1. The molecule has 3 N–H and O–H groups in total. The molecule has 0 radical (unpaired) electrons. The molecular formula is C10H13BrN2O5S. The maximum atomic E-state index is 11.7. The van der Waals surface area contributed by atoms with E-state index >= 15 is 0 Å². The Kier molecular flexibility index (Phi) is 5.73. The van der Waals surface area contributed by atoms with Gasteiger partial charge in [0.15, 0.2) is 0 Å². The number of anilines is 1. The molecule has 0 aliphatic heterocycles. The first-order valence-corrected chi connectivity index (χ1v) is 7.42. The second-order valence-electron chi connectivity index (χ2n) is 3.49. The van der Waals surface area contributed by atoms with Gasteiger partial charge in [0.25, 0.3) is 10.2 Å². The van der Waals surface area contributed by atoms with Crippen molar-refractivity contribution in [3.05, 3.63) is 28.2 Å². The van der Waals surface area contributed by atoms with E-state index in [1.807, 2.05) is 0 Å². The number of hydrogen-bond acceptors (Lipinski definition) is 4. The summed E-state index contributed by atoms with van der Waals surface area (Å²) in [5.74, 6) is -1.22. The van der Waals surface area contributed by atoms with Gasteiger partial charge in [-0.25, -0.2) is 4.79 Å². The van der Waals surface area contributed by atoms with Crippen LogP contribution in [0.1, 0.15) is 10.4 Å². The van der Waals surface area contributed by atoms with Crippen LogP contribution in [0.15, 0.2) is 22.7 Å². The summed E-state index contributed by atoms with van der Waals surface area (Å²) in [6.45, 7) is 0.299. The van der Waals surface area contributed by atoms with Gasteiger partial charge in [-0.3, -0.25) is 4.72 Å². The van der Waals surface area contributed by atoms with Crippen molar-refractivity contribution in [3.63, 3.8) is 0 Å². The van der Waals surface area contributed by atoms with Crippen molar-refractivity contribution in [2.75, 3.05) is 25.0 Å². The molecule has 0 saturated heterocycles. The monoisotopic (exact) mass is 352 g/mol. The van der Waals surface area contributed by atoms with Crippen molar-refractivity contribution in [2.24, 2.45) is 0 Å². The Balaban J connectivity index is 2.92. The van der Waals surface area contributed by atoms with E-state index in [2.05, 4.69) is 25.4 Å². The Morgan fingerprint density at radius 3 is 2.74 bits per heavy atom. The van der Waals surface area contributed by atoms with Gasteiger partial charge in [0.2, 0.25) is 0 Å². The van der Waals surface area contributed by atoms with Crippen molar-refractivity contribution >= 4 is 37.8 Å². The van der Waals surface area contributed by atoms with Crippen molar-refractivity contribution < 1.29 is 23.1 Å². The fraction of sp³-hybridized carbons (Fsp3) is 0.300. The number of hydrogen-bond donors (Lipinski definition) is 3.